The number of hydrogen-bond donors (Lipinski definition) is 1. The molecule has 1 amide bonds. The highest BCUT2D eigenvalue weighted by atomic mass is 32.2. The van der Waals surface area contributed by atoms with Gasteiger partial charge in [0, 0.05) is 17.4 Å². The molecular weight excluding hydrogens is 404 g/mol. The molecule has 0 aliphatic carbocycles. The smallest absolute Gasteiger partial charge is 0.266 e. The quantitative estimate of drug-likeness (QED) is 0.270. The van der Waals surface area contributed by atoms with Gasteiger partial charge >= 0.3 is 0 Å². The Morgan fingerprint density at radius 3 is 2.93 bits per heavy atom. The van der Waals surface area contributed by atoms with Gasteiger partial charge in [0.25, 0.3) is 11.6 Å². The topological polar surface area (TPSA) is 130 Å². The summed E-state index contributed by atoms with van der Waals surface area (Å²) in [4.78, 5) is 26.5. The van der Waals surface area contributed by atoms with Crippen molar-refractivity contribution in [3.63, 3.8) is 0 Å². The van der Waals surface area contributed by atoms with Crippen molar-refractivity contribution in [2.45, 2.75) is 4.34 Å². The first-order valence-electron chi connectivity index (χ1n) is 7.81. The summed E-state index contributed by atoms with van der Waals surface area (Å²) >= 11 is 2.78. The predicted octanol–water partition coefficient (Wildman–Crippen LogP) is 2.53. The lowest BCUT2D eigenvalue weighted by molar-refractivity contribution is -0.398. The molecule has 0 fully saturated rings. The van der Waals surface area contributed by atoms with Gasteiger partial charge in [0.05, 0.1) is 34.2 Å². The van der Waals surface area contributed by atoms with Crippen molar-refractivity contribution in [2.75, 3.05) is 12.9 Å². The normalized spacial score (nSPS) is 11.0. The van der Waals surface area contributed by atoms with Crippen LogP contribution in [0.15, 0.2) is 45.8 Å². The summed E-state index contributed by atoms with van der Waals surface area (Å²) in [5.41, 5.74) is 2.84. The first-order valence-corrected chi connectivity index (χ1v) is 9.62. The molecule has 0 unspecified atom stereocenters. The van der Waals surface area contributed by atoms with Crippen LogP contribution < -0.4 is 15.3 Å². The third kappa shape index (κ3) is 4.56. The minimum atomic E-state index is -0.819. The molecule has 0 radical (unpaired) electrons. The summed E-state index contributed by atoms with van der Waals surface area (Å²) in [5.74, 6) is -1.24. The largest absolute Gasteiger partial charge is 0.865 e. The Kier molecular flexibility index (Phi) is 6.06. The van der Waals surface area contributed by atoms with Gasteiger partial charge in [0.15, 0.2) is 4.34 Å². The molecule has 0 saturated carbocycles. The number of nitro groups is 1. The Morgan fingerprint density at radius 2 is 2.21 bits per heavy atom. The van der Waals surface area contributed by atoms with E-state index in [1.165, 1.54) is 42.5 Å². The summed E-state index contributed by atoms with van der Waals surface area (Å²) in [5, 5.41) is 26.5. The molecule has 1 heterocycles. The van der Waals surface area contributed by atoms with E-state index in [1.54, 1.807) is 0 Å². The second-order valence-corrected chi connectivity index (χ2v) is 7.61. The van der Waals surface area contributed by atoms with Crippen molar-refractivity contribution in [3.8, 4) is 11.5 Å². The van der Waals surface area contributed by atoms with Crippen LogP contribution in [0.5, 0.6) is 11.5 Å². The third-order valence-corrected chi connectivity index (χ3v) is 5.66. The zero-order valence-electron chi connectivity index (χ0n) is 14.4. The lowest BCUT2D eigenvalue weighted by Crippen LogP contribution is -2.19. The molecule has 0 atom stereocenters. The molecule has 144 valence electrons. The zero-order chi connectivity index (χ0) is 20.1. The number of nitrogens with zero attached hydrogens (tertiary/aromatic N) is 3. The van der Waals surface area contributed by atoms with Crippen molar-refractivity contribution >= 4 is 51.1 Å². The third-order valence-electron chi connectivity index (χ3n) is 3.48. The van der Waals surface area contributed by atoms with Gasteiger partial charge in [-0.25, -0.2) is 10.4 Å². The number of carbonyl (C=O) groups excluding carboxylic acids is 1. The fourth-order valence-electron chi connectivity index (χ4n) is 2.22. The number of ether oxygens (including phenoxy) is 1. The van der Waals surface area contributed by atoms with Crippen molar-refractivity contribution in [2.24, 2.45) is 5.10 Å². The number of amides is 1. The number of nitro benzene ring substituents is 1. The highest BCUT2D eigenvalue weighted by Crippen LogP contribution is 2.34. The first kappa shape index (κ1) is 19.6. The van der Waals surface area contributed by atoms with Gasteiger partial charge < -0.3 is 9.84 Å². The van der Waals surface area contributed by atoms with Crippen molar-refractivity contribution in [3.05, 3.63) is 52.1 Å². The second-order valence-electron chi connectivity index (χ2n) is 5.36. The van der Waals surface area contributed by atoms with Crippen molar-refractivity contribution in [1.82, 2.24) is 10.4 Å². The van der Waals surface area contributed by atoms with Gasteiger partial charge in [-0.2, -0.15) is 5.10 Å². The van der Waals surface area contributed by atoms with Crippen molar-refractivity contribution < 1.29 is 19.6 Å². The van der Waals surface area contributed by atoms with E-state index in [2.05, 4.69) is 15.5 Å². The van der Waals surface area contributed by atoms with Crippen LogP contribution in [0.1, 0.15) is 5.56 Å². The zero-order valence-corrected chi connectivity index (χ0v) is 16.1. The lowest BCUT2D eigenvalue weighted by Gasteiger charge is -2.12. The minimum Gasteiger partial charge on any atom is -0.865 e. The van der Waals surface area contributed by atoms with E-state index in [0.29, 0.717) is 0 Å². The summed E-state index contributed by atoms with van der Waals surface area (Å²) in [6.07, 6.45) is 1.20. The van der Waals surface area contributed by atoms with Gasteiger partial charge in [-0.05, 0) is 18.2 Å². The summed E-state index contributed by atoms with van der Waals surface area (Å²) in [6, 6.07) is 10.1. The average Bonchev–Trinajstić information content (AvgIpc) is 3.10. The second kappa shape index (κ2) is 8.67. The molecule has 1 N–H and O–H groups in total. The Morgan fingerprint density at radius 1 is 1.43 bits per heavy atom. The molecule has 1 aromatic heterocycles. The number of hydrazone groups is 1. The highest BCUT2D eigenvalue weighted by Gasteiger charge is 2.13. The van der Waals surface area contributed by atoms with Crippen LogP contribution in [0.25, 0.3) is 10.2 Å². The van der Waals surface area contributed by atoms with Gasteiger partial charge in [0.1, 0.15) is 5.75 Å². The fourth-order valence-corrected chi connectivity index (χ4v) is 4.08. The molecule has 0 aliphatic heterocycles. The highest BCUT2D eigenvalue weighted by molar-refractivity contribution is 8.01. The van der Waals surface area contributed by atoms with Crippen LogP contribution in [-0.4, -0.2) is 34.9 Å². The maximum absolute atomic E-state index is 11.9. The molecule has 0 bridgehead atoms. The van der Waals surface area contributed by atoms with E-state index in [4.69, 9.17) is 4.74 Å². The van der Waals surface area contributed by atoms with Crippen LogP contribution in [0.3, 0.4) is 0 Å². The molecule has 0 aliphatic rings. The molecule has 28 heavy (non-hydrogen) atoms. The SMILES string of the molecule is COc1cc(/C=N\NC(=O)CSc2nc3ccccc3s2)cc([N+](=O)[O-])c1[O-]. The number of thioether (sulfide) groups is 1. The number of thiazole rings is 1. The van der Waals surface area contributed by atoms with E-state index in [0.717, 1.165) is 20.6 Å². The van der Waals surface area contributed by atoms with Crippen molar-refractivity contribution in [1.29, 1.82) is 0 Å². The van der Waals surface area contributed by atoms with E-state index in [-0.39, 0.29) is 23.0 Å². The summed E-state index contributed by atoms with van der Waals surface area (Å²) in [6.45, 7) is 0. The fraction of sp³-hybridized carbons (Fsp3) is 0.118. The Bertz CT molecular complexity index is 1030. The van der Waals surface area contributed by atoms with E-state index in [1.807, 2.05) is 24.3 Å². The molecule has 0 spiro atoms. The number of carbonyl (C=O) groups is 1. The molecule has 2 aromatic carbocycles. The number of rotatable bonds is 7. The number of aromatic nitrogens is 1. The van der Waals surface area contributed by atoms with E-state index in [9.17, 15) is 20.0 Å². The van der Waals surface area contributed by atoms with Gasteiger partial charge in [0.2, 0.25) is 0 Å². The van der Waals surface area contributed by atoms with Gasteiger partial charge in [-0.15, -0.1) is 11.3 Å². The summed E-state index contributed by atoms with van der Waals surface area (Å²) in [7, 11) is 1.24. The first-order chi connectivity index (χ1) is 13.5. The molecule has 9 nitrogen and oxygen atoms in total. The monoisotopic (exact) mass is 417 g/mol. The van der Waals surface area contributed by atoms with Crippen LogP contribution >= 0.6 is 23.1 Å². The summed E-state index contributed by atoms with van der Waals surface area (Å²) < 4.78 is 6.65. The number of para-hydroxylation sites is 1. The molecule has 11 heteroatoms. The van der Waals surface area contributed by atoms with Crippen LogP contribution in [0.2, 0.25) is 0 Å². The maximum Gasteiger partial charge on any atom is 0.266 e. The predicted molar refractivity (Wildman–Crippen MR) is 105 cm³/mol. The molecule has 3 rings (SSSR count). The number of benzene rings is 2. The maximum atomic E-state index is 11.9. The minimum absolute atomic E-state index is 0.111. The standard InChI is InChI=1S/C17H14N4O5S2/c1-26-13-7-10(6-12(16(13)23)21(24)25)8-18-20-15(22)9-27-17-19-11-4-2-3-5-14(11)28-17/h2-8,23H,9H2,1H3,(H,20,22)/p-1/b18-8-. The number of methoxy groups -OCH3 is 1. The molecular formula is C17H13N4O5S2-. The Labute approximate surface area is 167 Å². The van der Waals surface area contributed by atoms with Gasteiger partial charge in [-0.3, -0.25) is 14.9 Å². The number of hydrogen-bond acceptors (Lipinski definition) is 9. The van der Waals surface area contributed by atoms with E-state index >= 15 is 0 Å². The number of fused-ring (bicyclic) bond motifs is 1. The van der Waals surface area contributed by atoms with Crippen LogP contribution in [-0.2, 0) is 4.79 Å². The molecule has 0 saturated heterocycles. The number of nitrogens with one attached hydrogen (secondary N) is 1. The van der Waals surface area contributed by atoms with Crippen LogP contribution in [0.4, 0.5) is 5.69 Å². The van der Waals surface area contributed by atoms with Gasteiger partial charge in [-0.1, -0.05) is 23.9 Å². The average molecular weight is 417 g/mol. The molecule has 3 aromatic rings. The Hall–Kier alpha value is -3.18. The van der Waals surface area contributed by atoms with E-state index < -0.39 is 16.4 Å². The van der Waals surface area contributed by atoms with Crippen LogP contribution in [0, 0.1) is 10.1 Å². The lowest BCUT2D eigenvalue weighted by atomic mass is 10.2. The Balaban J connectivity index is 1.60.